The van der Waals surface area contributed by atoms with Crippen molar-refractivity contribution in [3.63, 3.8) is 0 Å². The zero-order chi connectivity index (χ0) is 10.8. The molecule has 0 unspecified atom stereocenters. The molecule has 6 heteroatoms. The molecular weight excluding hydrogens is 198 g/mol. The molecule has 0 saturated heterocycles. The van der Waals surface area contributed by atoms with Crippen molar-refractivity contribution in [1.82, 2.24) is 9.78 Å². The van der Waals surface area contributed by atoms with Gasteiger partial charge in [-0.3, -0.25) is 4.79 Å². The van der Waals surface area contributed by atoms with Gasteiger partial charge in [0.25, 0.3) is 0 Å². The van der Waals surface area contributed by atoms with E-state index in [1.165, 1.54) is 10.7 Å². The summed E-state index contributed by atoms with van der Waals surface area (Å²) in [6.07, 6.45) is 2.11. The van der Waals surface area contributed by atoms with Crippen LogP contribution in [-0.2, 0) is 11.3 Å². The summed E-state index contributed by atoms with van der Waals surface area (Å²) in [6.45, 7) is 0.642. The van der Waals surface area contributed by atoms with Gasteiger partial charge in [0, 0.05) is 19.0 Å². The predicted molar refractivity (Wildman–Crippen MR) is 51.7 cm³/mol. The van der Waals surface area contributed by atoms with Crippen LogP contribution in [0.25, 0.3) is 0 Å². The van der Waals surface area contributed by atoms with Gasteiger partial charge in [0.05, 0.1) is 0 Å². The predicted octanol–water partition coefficient (Wildman–Crippen LogP) is 0.704. The maximum absolute atomic E-state index is 11.3. The standard InChI is InChI=1S/C9H11N3O3/c13-8-3-1-2-4-12-7(10-8)5-6(11-12)9(14)15/h5H,1-4H2,(H,10,13)(H,14,15). The number of amides is 1. The van der Waals surface area contributed by atoms with Gasteiger partial charge in [0.1, 0.15) is 5.82 Å². The molecule has 1 amide bonds. The molecule has 6 nitrogen and oxygen atoms in total. The number of carboxylic acid groups (broad SMARTS) is 1. The highest BCUT2D eigenvalue weighted by atomic mass is 16.4. The van der Waals surface area contributed by atoms with Crippen molar-refractivity contribution in [2.24, 2.45) is 0 Å². The molecule has 0 radical (unpaired) electrons. The first-order chi connectivity index (χ1) is 7.16. The van der Waals surface area contributed by atoms with E-state index in [0.29, 0.717) is 18.8 Å². The molecule has 0 aliphatic carbocycles. The molecule has 1 aromatic heterocycles. The molecule has 80 valence electrons. The van der Waals surface area contributed by atoms with Crippen LogP contribution < -0.4 is 5.32 Å². The lowest BCUT2D eigenvalue weighted by Gasteiger charge is -2.11. The Morgan fingerprint density at radius 3 is 3.07 bits per heavy atom. The Hall–Kier alpha value is -1.85. The smallest absolute Gasteiger partial charge is 0.356 e. The minimum Gasteiger partial charge on any atom is -0.476 e. The van der Waals surface area contributed by atoms with Crippen LogP contribution in [0.4, 0.5) is 5.82 Å². The Morgan fingerprint density at radius 1 is 1.53 bits per heavy atom. The number of carbonyl (C=O) groups excluding carboxylic acids is 1. The zero-order valence-corrected chi connectivity index (χ0v) is 8.06. The summed E-state index contributed by atoms with van der Waals surface area (Å²) in [6, 6.07) is 1.38. The van der Waals surface area contributed by atoms with Crippen LogP contribution in [-0.4, -0.2) is 26.8 Å². The third-order valence-corrected chi connectivity index (χ3v) is 2.29. The van der Waals surface area contributed by atoms with E-state index in [9.17, 15) is 9.59 Å². The lowest BCUT2D eigenvalue weighted by Crippen LogP contribution is -2.18. The van der Waals surface area contributed by atoms with E-state index in [0.717, 1.165) is 12.8 Å². The average Bonchev–Trinajstić information content (AvgIpc) is 2.52. The number of anilines is 1. The van der Waals surface area contributed by atoms with Gasteiger partial charge in [0.2, 0.25) is 5.91 Å². The normalized spacial score (nSPS) is 16.1. The zero-order valence-electron chi connectivity index (χ0n) is 8.06. The van der Waals surface area contributed by atoms with Gasteiger partial charge in [-0.2, -0.15) is 5.10 Å². The number of nitrogens with zero attached hydrogens (tertiary/aromatic N) is 2. The van der Waals surface area contributed by atoms with Crippen molar-refractivity contribution in [2.75, 3.05) is 5.32 Å². The molecule has 1 aliphatic rings. The average molecular weight is 209 g/mol. The second kappa shape index (κ2) is 3.72. The maximum Gasteiger partial charge on any atom is 0.356 e. The Balaban J connectivity index is 2.33. The molecule has 0 bridgehead atoms. The first-order valence-corrected chi connectivity index (χ1v) is 4.78. The van der Waals surface area contributed by atoms with Crippen molar-refractivity contribution >= 4 is 17.7 Å². The minimum atomic E-state index is -1.08. The summed E-state index contributed by atoms with van der Waals surface area (Å²) in [5, 5.41) is 15.3. The molecule has 0 saturated carbocycles. The van der Waals surface area contributed by atoms with Gasteiger partial charge in [-0.15, -0.1) is 0 Å². The van der Waals surface area contributed by atoms with Crippen LogP contribution in [0.2, 0.25) is 0 Å². The SMILES string of the molecule is O=C1CCCCn2nc(C(=O)O)cc2N1. The van der Waals surface area contributed by atoms with E-state index in [2.05, 4.69) is 10.4 Å². The molecule has 1 aliphatic heterocycles. The number of nitrogens with one attached hydrogen (secondary N) is 1. The minimum absolute atomic E-state index is 0.0350. The molecule has 0 fully saturated rings. The lowest BCUT2D eigenvalue weighted by molar-refractivity contribution is -0.116. The third-order valence-electron chi connectivity index (χ3n) is 2.29. The van der Waals surface area contributed by atoms with Gasteiger partial charge in [-0.1, -0.05) is 0 Å². The summed E-state index contributed by atoms with van der Waals surface area (Å²) in [7, 11) is 0. The molecule has 0 aromatic carbocycles. The second-order valence-electron chi connectivity index (χ2n) is 3.45. The fourth-order valence-corrected chi connectivity index (χ4v) is 1.54. The summed E-state index contributed by atoms with van der Waals surface area (Å²) in [5.41, 5.74) is -0.0350. The Labute approximate surface area is 85.9 Å². The van der Waals surface area contributed by atoms with Crippen LogP contribution in [0.1, 0.15) is 29.8 Å². The largest absolute Gasteiger partial charge is 0.476 e. The lowest BCUT2D eigenvalue weighted by atomic mass is 10.2. The van der Waals surface area contributed by atoms with Crippen molar-refractivity contribution in [2.45, 2.75) is 25.8 Å². The van der Waals surface area contributed by atoms with E-state index in [1.54, 1.807) is 0 Å². The number of carboxylic acids is 1. The topological polar surface area (TPSA) is 84.2 Å². The maximum atomic E-state index is 11.3. The molecule has 0 atom stereocenters. The monoisotopic (exact) mass is 209 g/mol. The second-order valence-corrected chi connectivity index (χ2v) is 3.45. The Morgan fingerprint density at radius 2 is 2.33 bits per heavy atom. The fraction of sp³-hybridized carbons (Fsp3) is 0.444. The molecule has 15 heavy (non-hydrogen) atoms. The van der Waals surface area contributed by atoms with E-state index in [4.69, 9.17) is 5.11 Å². The van der Waals surface area contributed by atoms with Crippen molar-refractivity contribution < 1.29 is 14.7 Å². The Bertz CT molecular complexity index is 411. The molecule has 1 aromatic rings. The number of rotatable bonds is 1. The summed E-state index contributed by atoms with van der Waals surface area (Å²) in [5.74, 6) is -0.701. The first kappa shape index (κ1) is 9.70. The quantitative estimate of drug-likeness (QED) is 0.713. The third kappa shape index (κ3) is 1.98. The summed E-state index contributed by atoms with van der Waals surface area (Å²) < 4.78 is 1.53. The van der Waals surface area contributed by atoms with Crippen molar-refractivity contribution in [3.8, 4) is 0 Å². The van der Waals surface area contributed by atoms with Crippen LogP contribution in [0.15, 0.2) is 6.07 Å². The highest BCUT2D eigenvalue weighted by Gasteiger charge is 2.16. The van der Waals surface area contributed by atoms with Gasteiger partial charge in [0.15, 0.2) is 5.69 Å². The van der Waals surface area contributed by atoms with E-state index >= 15 is 0 Å². The first-order valence-electron chi connectivity index (χ1n) is 4.78. The number of fused-ring (bicyclic) bond motifs is 1. The summed E-state index contributed by atoms with van der Waals surface area (Å²) in [4.78, 5) is 22.0. The summed E-state index contributed by atoms with van der Waals surface area (Å²) >= 11 is 0. The Kier molecular flexibility index (Phi) is 2.40. The van der Waals surface area contributed by atoms with E-state index < -0.39 is 5.97 Å². The molecule has 2 N–H and O–H groups in total. The molecule has 2 heterocycles. The highest BCUT2D eigenvalue weighted by molar-refractivity contribution is 5.92. The fourth-order valence-electron chi connectivity index (χ4n) is 1.54. The van der Waals surface area contributed by atoms with E-state index in [1.807, 2.05) is 0 Å². The number of aryl methyl sites for hydroxylation is 1. The molecule has 0 spiro atoms. The number of hydrogen-bond acceptors (Lipinski definition) is 3. The van der Waals surface area contributed by atoms with Gasteiger partial charge in [-0.25, -0.2) is 9.48 Å². The number of carbonyl (C=O) groups is 2. The van der Waals surface area contributed by atoms with Crippen LogP contribution in [0.5, 0.6) is 0 Å². The number of aromatic nitrogens is 2. The van der Waals surface area contributed by atoms with Crippen LogP contribution in [0, 0.1) is 0 Å². The van der Waals surface area contributed by atoms with Crippen LogP contribution >= 0.6 is 0 Å². The van der Waals surface area contributed by atoms with Gasteiger partial charge < -0.3 is 10.4 Å². The van der Waals surface area contributed by atoms with Crippen LogP contribution in [0.3, 0.4) is 0 Å². The van der Waals surface area contributed by atoms with Crippen molar-refractivity contribution in [3.05, 3.63) is 11.8 Å². The molecular formula is C9H11N3O3. The highest BCUT2D eigenvalue weighted by Crippen LogP contribution is 2.15. The van der Waals surface area contributed by atoms with Gasteiger partial charge in [-0.05, 0) is 12.8 Å². The van der Waals surface area contributed by atoms with Crippen molar-refractivity contribution in [1.29, 1.82) is 0 Å². The number of hydrogen-bond donors (Lipinski definition) is 2. The molecule has 2 rings (SSSR count). The van der Waals surface area contributed by atoms with Gasteiger partial charge >= 0.3 is 5.97 Å². The van der Waals surface area contributed by atoms with E-state index in [-0.39, 0.29) is 11.6 Å². The number of aromatic carboxylic acids is 1.